The van der Waals surface area contributed by atoms with E-state index in [1.54, 1.807) is 10.7 Å². The van der Waals surface area contributed by atoms with E-state index in [4.69, 9.17) is 5.11 Å². The Morgan fingerprint density at radius 2 is 2.32 bits per heavy atom. The number of carbonyl (C=O) groups is 1. The lowest BCUT2D eigenvalue weighted by Crippen LogP contribution is -2.25. The van der Waals surface area contributed by atoms with Crippen LogP contribution in [0.3, 0.4) is 0 Å². The van der Waals surface area contributed by atoms with Crippen molar-refractivity contribution in [2.24, 2.45) is 5.92 Å². The Bertz CT molecular complexity index is 714. The highest BCUT2D eigenvalue weighted by molar-refractivity contribution is 5.67. The number of aliphatic carboxylic acids is 1. The largest absolute Gasteiger partial charge is 0.480 e. The van der Waals surface area contributed by atoms with Crippen LogP contribution < -0.4 is 5.56 Å². The maximum atomic E-state index is 12.3. The van der Waals surface area contributed by atoms with Gasteiger partial charge in [-0.05, 0) is 25.2 Å². The van der Waals surface area contributed by atoms with Crippen molar-refractivity contribution in [3.05, 3.63) is 34.0 Å². The minimum absolute atomic E-state index is 0.271. The number of fused-ring (bicyclic) bond motifs is 3. The fourth-order valence-electron chi connectivity index (χ4n) is 2.72. The maximum Gasteiger partial charge on any atom is 0.323 e. The predicted octanol–water partition coefficient (Wildman–Crippen LogP) is 0.705. The first kappa shape index (κ1) is 12.0. The summed E-state index contributed by atoms with van der Waals surface area (Å²) in [7, 11) is 0. The number of carboxylic acid groups (broad SMARTS) is 1. The highest BCUT2D eigenvalue weighted by Crippen LogP contribution is 2.26. The molecule has 6 nitrogen and oxygen atoms in total. The van der Waals surface area contributed by atoms with Crippen molar-refractivity contribution in [3.63, 3.8) is 0 Å². The standard InChI is InChI=1S/C13H15N3O3/c1-8-2-3-10-9(6-8)12-13(19)15(7-11(17)18)4-5-16(12)14-10/h4-5,8H,2-3,6-7H2,1H3,(H,17,18)/t8-/m1/s1. The van der Waals surface area contributed by atoms with Gasteiger partial charge in [0.2, 0.25) is 0 Å². The minimum Gasteiger partial charge on any atom is -0.480 e. The molecule has 19 heavy (non-hydrogen) atoms. The Kier molecular flexibility index (Phi) is 2.66. The molecule has 0 amide bonds. The van der Waals surface area contributed by atoms with E-state index in [1.165, 1.54) is 10.8 Å². The lowest BCUT2D eigenvalue weighted by molar-refractivity contribution is -0.137. The van der Waals surface area contributed by atoms with Crippen molar-refractivity contribution in [1.29, 1.82) is 0 Å². The molecular formula is C13H15N3O3. The second-order valence-corrected chi connectivity index (χ2v) is 5.19. The van der Waals surface area contributed by atoms with Gasteiger partial charge in [-0.25, -0.2) is 4.52 Å². The van der Waals surface area contributed by atoms with Crippen LogP contribution >= 0.6 is 0 Å². The quantitative estimate of drug-likeness (QED) is 0.863. The first-order valence-electron chi connectivity index (χ1n) is 6.37. The summed E-state index contributed by atoms with van der Waals surface area (Å²) in [5, 5.41) is 13.2. The van der Waals surface area contributed by atoms with Gasteiger partial charge in [-0.1, -0.05) is 6.92 Å². The fraction of sp³-hybridized carbons (Fsp3) is 0.462. The van der Waals surface area contributed by atoms with Crippen LogP contribution in [0.5, 0.6) is 0 Å². The van der Waals surface area contributed by atoms with Crippen LogP contribution in [0, 0.1) is 5.92 Å². The fourth-order valence-corrected chi connectivity index (χ4v) is 2.72. The van der Waals surface area contributed by atoms with Crippen molar-refractivity contribution in [2.45, 2.75) is 32.7 Å². The van der Waals surface area contributed by atoms with Gasteiger partial charge in [-0.2, -0.15) is 5.10 Å². The third-order valence-corrected chi connectivity index (χ3v) is 3.68. The first-order chi connectivity index (χ1) is 9.06. The second-order valence-electron chi connectivity index (χ2n) is 5.19. The number of hydrogen-bond donors (Lipinski definition) is 1. The summed E-state index contributed by atoms with van der Waals surface area (Å²) >= 11 is 0. The number of rotatable bonds is 2. The molecule has 2 aromatic rings. The lowest BCUT2D eigenvalue weighted by Gasteiger charge is -2.16. The topological polar surface area (TPSA) is 76.6 Å². The van der Waals surface area contributed by atoms with Gasteiger partial charge >= 0.3 is 5.97 Å². The Morgan fingerprint density at radius 1 is 1.53 bits per heavy atom. The number of hydrogen-bond acceptors (Lipinski definition) is 3. The van der Waals surface area contributed by atoms with Crippen LogP contribution in [0.15, 0.2) is 17.2 Å². The van der Waals surface area contributed by atoms with Gasteiger partial charge in [-0.3, -0.25) is 9.59 Å². The number of carboxylic acids is 1. The molecular weight excluding hydrogens is 246 g/mol. The van der Waals surface area contributed by atoms with Gasteiger partial charge in [0.1, 0.15) is 12.1 Å². The normalized spacial score (nSPS) is 18.5. The van der Waals surface area contributed by atoms with Crippen molar-refractivity contribution in [1.82, 2.24) is 14.2 Å². The summed E-state index contributed by atoms with van der Waals surface area (Å²) in [5.41, 5.74) is 2.23. The van der Waals surface area contributed by atoms with Crippen molar-refractivity contribution in [3.8, 4) is 0 Å². The Balaban J connectivity index is 2.21. The van der Waals surface area contributed by atoms with Gasteiger partial charge in [0.25, 0.3) is 5.56 Å². The molecule has 6 heteroatoms. The van der Waals surface area contributed by atoms with E-state index >= 15 is 0 Å². The molecule has 0 bridgehead atoms. The van der Waals surface area contributed by atoms with E-state index in [2.05, 4.69) is 12.0 Å². The molecule has 0 saturated heterocycles. The predicted molar refractivity (Wildman–Crippen MR) is 68.3 cm³/mol. The molecule has 0 radical (unpaired) electrons. The molecule has 0 unspecified atom stereocenters. The van der Waals surface area contributed by atoms with Crippen LogP contribution in [0.2, 0.25) is 0 Å². The third kappa shape index (κ3) is 1.93. The molecule has 0 aliphatic heterocycles. The zero-order valence-electron chi connectivity index (χ0n) is 10.7. The molecule has 1 aliphatic rings. The summed E-state index contributed by atoms with van der Waals surface area (Å²) in [6.45, 7) is 1.84. The minimum atomic E-state index is -1.02. The van der Waals surface area contributed by atoms with E-state index in [-0.39, 0.29) is 12.1 Å². The van der Waals surface area contributed by atoms with E-state index in [0.29, 0.717) is 11.4 Å². The monoisotopic (exact) mass is 261 g/mol. The van der Waals surface area contributed by atoms with Gasteiger partial charge < -0.3 is 9.67 Å². The average Bonchev–Trinajstić information content (AvgIpc) is 2.70. The molecule has 2 aromatic heterocycles. The van der Waals surface area contributed by atoms with Crippen LogP contribution in [0.1, 0.15) is 24.6 Å². The molecule has 3 rings (SSSR count). The molecule has 0 saturated carbocycles. The van der Waals surface area contributed by atoms with E-state index in [9.17, 15) is 9.59 Å². The zero-order valence-corrected chi connectivity index (χ0v) is 10.7. The Morgan fingerprint density at radius 3 is 3.05 bits per heavy atom. The summed E-state index contributed by atoms with van der Waals surface area (Å²) in [6, 6.07) is 0. The SMILES string of the molecule is C[C@@H]1CCc2nn3ccn(CC(=O)O)c(=O)c3c2C1. The summed E-state index contributed by atoms with van der Waals surface area (Å²) in [6.07, 6.45) is 5.94. The Hall–Kier alpha value is -2.11. The van der Waals surface area contributed by atoms with Crippen LogP contribution in [0.25, 0.3) is 5.52 Å². The van der Waals surface area contributed by atoms with E-state index in [0.717, 1.165) is 30.5 Å². The molecule has 1 N–H and O–H groups in total. The molecule has 1 aliphatic carbocycles. The van der Waals surface area contributed by atoms with Crippen LogP contribution in [0.4, 0.5) is 0 Å². The third-order valence-electron chi connectivity index (χ3n) is 3.68. The first-order valence-corrected chi connectivity index (χ1v) is 6.37. The second kappa shape index (κ2) is 4.22. The molecule has 0 aromatic carbocycles. The molecule has 2 heterocycles. The van der Waals surface area contributed by atoms with E-state index < -0.39 is 5.97 Å². The van der Waals surface area contributed by atoms with Gasteiger partial charge in [0, 0.05) is 18.0 Å². The van der Waals surface area contributed by atoms with Crippen LogP contribution in [-0.2, 0) is 24.2 Å². The summed E-state index contributed by atoms with van der Waals surface area (Å²) in [5.74, 6) is -0.485. The summed E-state index contributed by atoms with van der Waals surface area (Å²) in [4.78, 5) is 23.1. The highest BCUT2D eigenvalue weighted by Gasteiger charge is 2.23. The number of aromatic nitrogens is 3. The van der Waals surface area contributed by atoms with E-state index in [1.807, 2.05) is 0 Å². The number of nitrogens with zero attached hydrogens (tertiary/aromatic N) is 3. The average molecular weight is 261 g/mol. The highest BCUT2D eigenvalue weighted by atomic mass is 16.4. The van der Waals surface area contributed by atoms with Gasteiger partial charge in [-0.15, -0.1) is 0 Å². The maximum absolute atomic E-state index is 12.3. The molecule has 0 fully saturated rings. The van der Waals surface area contributed by atoms with Crippen molar-refractivity contribution < 1.29 is 9.90 Å². The van der Waals surface area contributed by atoms with Gasteiger partial charge in [0.05, 0.1) is 5.69 Å². The smallest absolute Gasteiger partial charge is 0.323 e. The van der Waals surface area contributed by atoms with Crippen LogP contribution in [-0.4, -0.2) is 25.3 Å². The Labute approximate surface area is 109 Å². The zero-order chi connectivity index (χ0) is 13.6. The van der Waals surface area contributed by atoms with Crippen molar-refractivity contribution >= 4 is 11.5 Å². The van der Waals surface area contributed by atoms with Crippen molar-refractivity contribution in [2.75, 3.05) is 0 Å². The lowest BCUT2D eigenvalue weighted by atomic mass is 9.88. The molecule has 100 valence electrons. The molecule has 0 spiro atoms. The molecule has 1 atom stereocenters. The summed E-state index contributed by atoms with van der Waals surface area (Å²) < 4.78 is 2.81. The number of aryl methyl sites for hydroxylation is 1. The van der Waals surface area contributed by atoms with Gasteiger partial charge in [0.15, 0.2) is 0 Å².